The molecule has 132 valence electrons. The van der Waals surface area contributed by atoms with Gasteiger partial charge in [0.25, 0.3) is 10.0 Å². The molecule has 1 aliphatic carbocycles. The Morgan fingerprint density at radius 1 is 1.00 bits per heavy atom. The monoisotopic (exact) mass is 359 g/mol. The second kappa shape index (κ2) is 7.27. The van der Waals surface area contributed by atoms with Gasteiger partial charge in [-0.1, -0.05) is 12.1 Å². The van der Waals surface area contributed by atoms with Gasteiger partial charge in [-0.15, -0.1) is 0 Å². The molecule has 6 heteroatoms. The SMILES string of the molecule is CC(=O)c1ccc(S(=O)(=O)Nc2ccc(OC3CCCC3)cc2)cc1. The molecule has 0 aromatic heterocycles. The summed E-state index contributed by atoms with van der Waals surface area (Å²) in [7, 11) is -3.69. The molecule has 1 aliphatic rings. The fourth-order valence-corrected chi connectivity index (χ4v) is 3.94. The number of rotatable bonds is 6. The van der Waals surface area contributed by atoms with Crippen LogP contribution in [0.5, 0.6) is 5.75 Å². The molecular weight excluding hydrogens is 338 g/mol. The van der Waals surface area contributed by atoms with Crippen LogP contribution in [0.25, 0.3) is 0 Å². The van der Waals surface area contributed by atoms with E-state index in [0.717, 1.165) is 18.6 Å². The first kappa shape index (κ1) is 17.5. The minimum Gasteiger partial charge on any atom is -0.490 e. The van der Waals surface area contributed by atoms with Gasteiger partial charge in [-0.3, -0.25) is 9.52 Å². The van der Waals surface area contributed by atoms with Crippen LogP contribution in [0.4, 0.5) is 5.69 Å². The van der Waals surface area contributed by atoms with Gasteiger partial charge in [-0.05, 0) is 69.0 Å². The lowest BCUT2D eigenvalue weighted by molar-refractivity contribution is 0.101. The lowest BCUT2D eigenvalue weighted by Gasteiger charge is -2.14. The maximum absolute atomic E-state index is 12.4. The first-order valence-corrected chi connectivity index (χ1v) is 9.83. The van der Waals surface area contributed by atoms with Gasteiger partial charge in [0.2, 0.25) is 0 Å². The number of benzene rings is 2. The van der Waals surface area contributed by atoms with E-state index in [1.165, 1.54) is 44.0 Å². The molecule has 0 radical (unpaired) electrons. The molecular formula is C19H21NO4S. The van der Waals surface area contributed by atoms with E-state index >= 15 is 0 Å². The van der Waals surface area contributed by atoms with E-state index in [4.69, 9.17) is 4.74 Å². The molecule has 0 heterocycles. The first-order chi connectivity index (χ1) is 11.9. The van der Waals surface area contributed by atoms with Crippen molar-refractivity contribution in [3.8, 4) is 5.75 Å². The van der Waals surface area contributed by atoms with Gasteiger partial charge < -0.3 is 4.74 Å². The Balaban J connectivity index is 1.68. The van der Waals surface area contributed by atoms with Crippen LogP contribution in [0.15, 0.2) is 53.4 Å². The van der Waals surface area contributed by atoms with Crippen molar-refractivity contribution in [2.45, 2.75) is 43.6 Å². The smallest absolute Gasteiger partial charge is 0.261 e. The van der Waals surface area contributed by atoms with Gasteiger partial charge in [0.05, 0.1) is 11.0 Å². The van der Waals surface area contributed by atoms with Gasteiger partial charge in [-0.25, -0.2) is 8.42 Å². The molecule has 5 nitrogen and oxygen atoms in total. The molecule has 2 aromatic carbocycles. The Bertz CT molecular complexity index is 836. The number of anilines is 1. The van der Waals surface area contributed by atoms with E-state index in [0.29, 0.717) is 11.3 Å². The van der Waals surface area contributed by atoms with Gasteiger partial charge >= 0.3 is 0 Å². The van der Waals surface area contributed by atoms with Crippen LogP contribution in [0.1, 0.15) is 43.0 Å². The molecule has 0 spiro atoms. The summed E-state index contributed by atoms with van der Waals surface area (Å²) < 4.78 is 33.2. The van der Waals surface area contributed by atoms with Crippen LogP contribution >= 0.6 is 0 Å². The maximum atomic E-state index is 12.4. The van der Waals surface area contributed by atoms with Crippen LogP contribution in [0.2, 0.25) is 0 Å². The number of sulfonamides is 1. The van der Waals surface area contributed by atoms with Gasteiger partial charge in [-0.2, -0.15) is 0 Å². The van der Waals surface area contributed by atoms with Crippen molar-refractivity contribution in [1.82, 2.24) is 0 Å². The van der Waals surface area contributed by atoms with Crippen molar-refractivity contribution < 1.29 is 17.9 Å². The minimum absolute atomic E-state index is 0.102. The predicted octanol–water partition coefficient (Wildman–Crippen LogP) is 4.01. The molecule has 0 aliphatic heterocycles. The fourth-order valence-electron chi connectivity index (χ4n) is 2.88. The fraction of sp³-hybridized carbons (Fsp3) is 0.316. The van der Waals surface area contributed by atoms with Gasteiger partial charge in [0.1, 0.15) is 5.75 Å². The lowest BCUT2D eigenvalue weighted by Crippen LogP contribution is -2.13. The Kier molecular flexibility index (Phi) is 5.08. The van der Waals surface area contributed by atoms with Crippen molar-refractivity contribution >= 4 is 21.5 Å². The van der Waals surface area contributed by atoms with E-state index < -0.39 is 10.0 Å². The summed E-state index contributed by atoms with van der Waals surface area (Å²) in [6.45, 7) is 1.44. The molecule has 2 aromatic rings. The summed E-state index contributed by atoms with van der Waals surface area (Å²) in [6.07, 6.45) is 4.81. The maximum Gasteiger partial charge on any atom is 0.261 e. The number of ketones is 1. The quantitative estimate of drug-likeness (QED) is 0.791. The second-order valence-electron chi connectivity index (χ2n) is 6.23. The highest BCUT2D eigenvalue weighted by Gasteiger charge is 2.17. The summed E-state index contributed by atoms with van der Waals surface area (Å²) in [6, 6.07) is 12.8. The van der Waals surface area contributed by atoms with E-state index in [-0.39, 0.29) is 16.8 Å². The van der Waals surface area contributed by atoms with Gasteiger partial charge in [0.15, 0.2) is 5.78 Å². The standard InChI is InChI=1S/C19H21NO4S/c1-14(21)15-6-12-19(13-7-15)25(22,23)20-16-8-10-18(11-9-16)24-17-4-2-3-5-17/h6-13,17,20H,2-5H2,1H3. The summed E-state index contributed by atoms with van der Waals surface area (Å²) in [5, 5.41) is 0. The lowest BCUT2D eigenvalue weighted by atomic mass is 10.2. The largest absolute Gasteiger partial charge is 0.490 e. The molecule has 25 heavy (non-hydrogen) atoms. The highest BCUT2D eigenvalue weighted by molar-refractivity contribution is 7.92. The van der Waals surface area contributed by atoms with Crippen molar-refractivity contribution in [2.75, 3.05) is 4.72 Å². The van der Waals surface area contributed by atoms with E-state index in [1.807, 2.05) is 0 Å². The number of carbonyl (C=O) groups excluding carboxylic acids is 1. The number of nitrogens with one attached hydrogen (secondary N) is 1. The summed E-state index contributed by atoms with van der Waals surface area (Å²) in [4.78, 5) is 11.4. The Labute approximate surface area is 148 Å². The Morgan fingerprint density at radius 2 is 1.60 bits per heavy atom. The van der Waals surface area contributed by atoms with Crippen molar-refractivity contribution in [2.24, 2.45) is 0 Å². The zero-order valence-corrected chi connectivity index (χ0v) is 14.9. The van der Waals surface area contributed by atoms with Crippen molar-refractivity contribution in [3.63, 3.8) is 0 Å². The number of Topliss-reactive ketones (excluding diaryl/α,β-unsaturated/α-hetero) is 1. The van der Waals surface area contributed by atoms with Gasteiger partial charge in [0, 0.05) is 11.3 Å². The van der Waals surface area contributed by atoms with Crippen LogP contribution in [-0.4, -0.2) is 20.3 Å². The van der Waals surface area contributed by atoms with Crippen molar-refractivity contribution in [1.29, 1.82) is 0 Å². The average molecular weight is 359 g/mol. The van der Waals surface area contributed by atoms with Crippen LogP contribution in [0.3, 0.4) is 0 Å². The number of hydrogen-bond acceptors (Lipinski definition) is 4. The van der Waals surface area contributed by atoms with E-state index in [2.05, 4.69) is 4.72 Å². The molecule has 1 saturated carbocycles. The zero-order valence-electron chi connectivity index (χ0n) is 14.1. The highest BCUT2D eigenvalue weighted by Crippen LogP contribution is 2.25. The highest BCUT2D eigenvalue weighted by atomic mass is 32.2. The number of hydrogen-bond donors (Lipinski definition) is 1. The molecule has 0 bridgehead atoms. The molecule has 0 atom stereocenters. The third-order valence-electron chi connectivity index (χ3n) is 4.28. The summed E-state index contributed by atoms with van der Waals surface area (Å²) in [5.41, 5.74) is 0.946. The summed E-state index contributed by atoms with van der Waals surface area (Å²) >= 11 is 0. The normalized spacial score (nSPS) is 15.1. The summed E-state index contributed by atoms with van der Waals surface area (Å²) in [5.74, 6) is 0.649. The third-order valence-corrected chi connectivity index (χ3v) is 5.68. The Morgan fingerprint density at radius 3 is 2.16 bits per heavy atom. The second-order valence-corrected chi connectivity index (χ2v) is 7.92. The topological polar surface area (TPSA) is 72.5 Å². The van der Waals surface area contributed by atoms with Crippen LogP contribution in [-0.2, 0) is 10.0 Å². The molecule has 0 saturated heterocycles. The third kappa shape index (κ3) is 4.39. The molecule has 1 N–H and O–H groups in total. The Hall–Kier alpha value is -2.34. The first-order valence-electron chi connectivity index (χ1n) is 8.34. The van der Waals surface area contributed by atoms with Crippen LogP contribution in [0, 0.1) is 0 Å². The number of ether oxygens (including phenoxy) is 1. The van der Waals surface area contributed by atoms with Crippen LogP contribution < -0.4 is 9.46 Å². The predicted molar refractivity (Wildman–Crippen MR) is 96.6 cm³/mol. The van der Waals surface area contributed by atoms with E-state index in [9.17, 15) is 13.2 Å². The van der Waals surface area contributed by atoms with Crippen molar-refractivity contribution in [3.05, 3.63) is 54.1 Å². The minimum atomic E-state index is -3.69. The molecule has 1 fully saturated rings. The molecule has 0 amide bonds. The van der Waals surface area contributed by atoms with E-state index in [1.54, 1.807) is 24.3 Å². The number of carbonyl (C=O) groups is 1. The average Bonchev–Trinajstić information content (AvgIpc) is 3.09. The zero-order chi connectivity index (χ0) is 17.9. The molecule has 0 unspecified atom stereocenters. The molecule has 3 rings (SSSR count).